The van der Waals surface area contributed by atoms with Crippen molar-refractivity contribution in [3.05, 3.63) is 39.6 Å². The molecule has 2 aliphatic rings. The molecule has 1 unspecified atom stereocenters. The van der Waals surface area contributed by atoms with E-state index in [4.69, 9.17) is 0 Å². The molecule has 0 bridgehead atoms. The summed E-state index contributed by atoms with van der Waals surface area (Å²) >= 11 is 3.44. The highest BCUT2D eigenvalue weighted by molar-refractivity contribution is 9.10. The molecule has 1 saturated carbocycles. The summed E-state index contributed by atoms with van der Waals surface area (Å²) in [6.45, 7) is 4.22. The third-order valence-electron chi connectivity index (χ3n) is 5.30. The van der Waals surface area contributed by atoms with E-state index in [-0.39, 0.29) is 16.8 Å². The first kappa shape index (κ1) is 18.5. The summed E-state index contributed by atoms with van der Waals surface area (Å²) in [7, 11) is -2.18. The number of carbonyl (C=O) groups excluding carboxylic acids is 1. The van der Waals surface area contributed by atoms with Crippen molar-refractivity contribution < 1.29 is 13.2 Å². The summed E-state index contributed by atoms with van der Waals surface area (Å²) in [4.78, 5) is 15.0. The molecular formula is C18H21BrN4O3S. The maximum atomic E-state index is 13.1. The molecular weight excluding hydrogens is 432 g/mol. The van der Waals surface area contributed by atoms with Crippen molar-refractivity contribution >= 4 is 37.5 Å². The predicted molar refractivity (Wildman–Crippen MR) is 105 cm³/mol. The maximum Gasteiger partial charge on any atom is 0.265 e. The molecule has 2 heterocycles. The first-order valence-corrected chi connectivity index (χ1v) is 11.1. The second-order valence-electron chi connectivity index (χ2n) is 7.36. The van der Waals surface area contributed by atoms with Crippen LogP contribution in [0.5, 0.6) is 0 Å². The summed E-state index contributed by atoms with van der Waals surface area (Å²) in [5.41, 5.74) is 1.99. The Morgan fingerprint density at radius 1 is 1.33 bits per heavy atom. The lowest BCUT2D eigenvalue weighted by molar-refractivity contribution is 0.0698. The number of benzene rings is 1. The Bertz CT molecular complexity index is 1040. The number of aromatic nitrogens is 2. The monoisotopic (exact) mass is 452 g/mol. The van der Waals surface area contributed by atoms with Crippen LogP contribution in [-0.4, -0.2) is 35.0 Å². The molecule has 2 aromatic rings. The molecule has 1 aromatic heterocycles. The molecule has 1 amide bonds. The molecule has 9 heteroatoms. The van der Waals surface area contributed by atoms with E-state index >= 15 is 0 Å². The van der Waals surface area contributed by atoms with E-state index in [1.807, 2.05) is 11.0 Å². The van der Waals surface area contributed by atoms with Gasteiger partial charge in [0.15, 0.2) is 0 Å². The summed E-state index contributed by atoms with van der Waals surface area (Å²) in [6, 6.07) is 3.69. The number of rotatable bonds is 5. The topological polar surface area (TPSA) is 84.3 Å². The van der Waals surface area contributed by atoms with Gasteiger partial charge in [-0.1, -0.05) is 15.9 Å². The lowest BCUT2D eigenvalue weighted by atomic mass is 10.1. The summed E-state index contributed by atoms with van der Waals surface area (Å²) in [5.74, 6) is 0.433. The highest BCUT2D eigenvalue weighted by atomic mass is 79.9. The van der Waals surface area contributed by atoms with Crippen LogP contribution in [0, 0.1) is 12.8 Å². The first-order valence-electron chi connectivity index (χ1n) is 8.84. The van der Waals surface area contributed by atoms with Crippen molar-refractivity contribution in [1.82, 2.24) is 14.7 Å². The average molecular weight is 453 g/mol. The fourth-order valence-corrected chi connectivity index (χ4v) is 5.51. The molecule has 1 fully saturated rings. The van der Waals surface area contributed by atoms with E-state index < -0.39 is 10.0 Å². The van der Waals surface area contributed by atoms with E-state index in [1.165, 1.54) is 10.9 Å². The van der Waals surface area contributed by atoms with Gasteiger partial charge in [0, 0.05) is 30.3 Å². The molecule has 0 saturated heterocycles. The molecule has 1 aromatic carbocycles. The van der Waals surface area contributed by atoms with Crippen LogP contribution in [0.4, 0.5) is 5.69 Å². The number of anilines is 1. The lowest BCUT2D eigenvalue weighted by Crippen LogP contribution is -2.34. The van der Waals surface area contributed by atoms with Gasteiger partial charge in [0.2, 0.25) is 0 Å². The third-order valence-corrected chi connectivity index (χ3v) is 7.22. The highest BCUT2D eigenvalue weighted by Crippen LogP contribution is 2.40. The molecule has 27 heavy (non-hydrogen) atoms. The van der Waals surface area contributed by atoms with E-state index in [2.05, 4.69) is 32.7 Å². The number of fused-ring (bicyclic) bond motifs is 1. The third kappa shape index (κ3) is 3.27. The Hall–Kier alpha value is -1.87. The Kier molecular flexibility index (Phi) is 4.34. The number of nitrogens with one attached hydrogen (secondary N) is 1. The summed E-state index contributed by atoms with van der Waals surface area (Å²) in [5, 5.41) is 4.10. The number of sulfonamides is 1. The number of carbonyl (C=O) groups is 1. The number of nitrogens with zero attached hydrogens (tertiary/aromatic N) is 3. The maximum absolute atomic E-state index is 13.1. The van der Waals surface area contributed by atoms with Crippen LogP contribution < -0.4 is 4.72 Å². The van der Waals surface area contributed by atoms with Crippen LogP contribution in [0.3, 0.4) is 0 Å². The molecule has 1 atom stereocenters. The fraction of sp³-hybridized carbons (Fsp3) is 0.444. The highest BCUT2D eigenvalue weighted by Gasteiger charge is 2.40. The second-order valence-corrected chi connectivity index (χ2v) is 9.92. The van der Waals surface area contributed by atoms with Crippen LogP contribution in [0.1, 0.15) is 41.4 Å². The van der Waals surface area contributed by atoms with Gasteiger partial charge in [0.1, 0.15) is 4.90 Å². The Morgan fingerprint density at radius 2 is 2.04 bits per heavy atom. The van der Waals surface area contributed by atoms with E-state index in [9.17, 15) is 13.2 Å². The van der Waals surface area contributed by atoms with Crippen LogP contribution in [0.25, 0.3) is 0 Å². The fourth-order valence-electron chi connectivity index (χ4n) is 3.72. The second kappa shape index (κ2) is 6.34. The van der Waals surface area contributed by atoms with Crippen LogP contribution in [-0.2, 0) is 23.6 Å². The summed E-state index contributed by atoms with van der Waals surface area (Å²) in [6.07, 6.45) is 3.74. The van der Waals surface area contributed by atoms with Gasteiger partial charge in [-0.05, 0) is 50.3 Å². The van der Waals surface area contributed by atoms with Crippen LogP contribution >= 0.6 is 15.9 Å². The predicted octanol–water partition coefficient (Wildman–Crippen LogP) is 3.05. The molecule has 1 aliphatic carbocycles. The van der Waals surface area contributed by atoms with E-state index in [0.29, 0.717) is 29.4 Å². The Labute approximate surface area is 166 Å². The molecule has 144 valence electrons. The number of hydrogen-bond acceptors (Lipinski definition) is 4. The molecule has 0 radical (unpaired) electrons. The van der Waals surface area contributed by atoms with Crippen molar-refractivity contribution in [1.29, 1.82) is 0 Å². The van der Waals surface area contributed by atoms with Crippen molar-refractivity contribution in [3.8, 4) is 0 Å². The smallest absolute Gasteiger partial charge is 0.265 e. The van der Waals surface area contributed by atoms with Gasteiger partial charge in [-0.2, -0.15) is 5.10 Å². The number of halogens is 1. The minimum Gasteiger partial charge on any atom is -0.331 e. The quantitative estimate of drug-likeness (QED) is 0.755. The molecule has 1 N–H and O–H groups in total. The minimum atomic E-state index is -3.85. The zero-order valence-corrected chi connectivity index (χ0v) is 17.8. The number of hydrogen-bond donors (Lipinski definition) is 1. The summed E-state index contributed by atoms with van der Waals surface area (Å²) < 4.78 is 30.6. The van der Waals surface area contributed by atoms with Gasteiger partial charge in [-0.25, -0.2) is 8.42 Å². The Morgan fingerprint density at radius 3 is 2.63 bits per heavy atom. The molecule has 0 spiro atoms. The number of aryl methyl sites for hydroxylation is 2. The lowest BCUT2D eigenvalue weighted by Gasteiger charge is -2.24. The van der Waals surface area contributed by atoms with Gasteiger partial charge in [0.05, 0.1) is 16.9 Å². The van der Waals surface area contributed by atoms with Gasteiger partial charge in [-0.3, -0.25) is 14.2 Å². The molecule has 1 aliphatic heterocycles. The number of amides is 1. The van der Waals surface area contributed by atoms with Gasteiger partial charge in [-0.15, -0.1) is 0 Å². The minimum absolute atomic E-state index is 0.104. The largest absolute Gasteiger partial charge is 0.331 e. The average Bonchev–Trinajstić information content (AvgIpc) is 3.28. The van der Waals surface area contributed by atoms with Gasteiger partial charge < -0.3 is 4.90 Å². The van der Waals surface area contributed by atoms with Crippen molar-refractivity contribution in [2.24, 2.45) is 13.0 Å². The zero-order valence-electron chi connectivity index (χ0n) is 15.4. The van der Waals surface area contributed by atoms with Crippen LogP contribution in [0.2, 0.25) is 0 Å². The van der Waals surface area contributed by atoms with Gasteiger partial charge in [0.25, 0.3) is 15.9 Å². The van der Waals surface area contributed by atoms with E-state index in [1.54, 1.807) is 20.0 Å². The van der Waals surface area contributed by atoms with E-state index in [0.717, 1.165) is 22.9 Å². The van der Waals surface area contributed by atoms with Gasteiger partial charge >= 0.3 is 0 Å². The van der Waals surface area contributed by atoms with Crippen LogP contribution in [0.15, 0.2) is 27.7 Å². The first-order chi connectivity index (χ1) is 12.7. The molecule has 4 rings (SSSR count). The van der Waals surface area contributed by atoms with Crippen molar-refractivity contribution in [2.75, 3.05) is 4.72 Å². The van der Waals surface area contributed by atoms with Crippen molar-refractivity contribution in [3.63, 3.8) is 0 Å². The zero-order chi connectivity index (χ0) is 19.5. The van der Waals surface area contributed by atoms with Crippen molar-refractivity contribution in [2.45, 2.75) is 44.2 Å². The normalized spacial score (nSPS) is 17.9. The molecule has 7 nitrogen and oxygen atoms in total. The Balaban J connectivity index is 1.71. The standard InChI is InChI=1S/C18H21BrN4O3S/c1-10-16(9-22(3)20-10)27(25,26)21-15-7-14(19)6-13-8-23(18(24)17(13)15)11(2)12-4-5-12/h6-7,9,11-12,21H,4-5,8H2,1-3H3. The SMILES string of the molecule is Cc1nn(C)cc1S(=O)(=O)Nc1cc(Br)cc2c1C(=O)N(C(C)C1CC1)C2.